The SMILES string of the molecule is CCC(C)C(NC(=O)OC(C)(C)C)C(=O)N(CC)C(C(=O)Nc1ccccc1C)c1ccccc1. The Morgan fingerprint density at radius 1 is 0.971 bits per heavy atom. The lowest BCUT2D eigenvalue weighted by Crippen LogP contribution is -2.54. The molecular weight excluding hydrogens is 442 g/mol. The molecule has 3 unspecified atom stereocenters. The lowest BCUT2D eigenvalue weighted by molar-refractivity contribution is -0.141. The number of likely N-dealkylation sites (N-methyl/N-ethyl adjacent to an activating group) is 1. The van der Waals surface area contributed by atoms with E-state index in [4.69, 9.17) is 4.74 Å². The maximum atomic E-state index is 13.9. The predicted octanol–water partition coefficient (Wildman–Crippen LogP) is 5.46. The van der Waals surface area contributed by atoms with E-state index in [9.17, 15) is 14.4 Å². The second-order valence-corrected chi connectivity index (χ2v) is 9.75. The highest BCUT2D eigenvalue weighted by atomic mass is 16.6. The van der Waals surface area contributed by atoms with Gasteiger partial charge in [-0.1, -0.05) is 68.8 Å². The van der Waals surface area contributed by atoms with Gasteiger partial charge in [0.15, 0.2) is 0 Å². The number of hydrogen-bond donors (Lipinski definition) is 2. The summed E-state index contributed by atoms with van der Waals surface area (Å²) in [4.78, 5) is 41.6. The maximum Gasteiger partial charge on any atom is 0.408 e. The molecule has 190 valence electrons. The molecule has 0 saturated heterocycles. The van der Waals surface area contributed by atoms with Gasteiger partial charge in [-0.15, -0.1) is 0 Å². The van der Waals surface area contributed by atoms with E-state index in [0.29, 0.717) is 17.7 Å². The number of rotatable bonds is 9. The normalized spacial score (nSPS) is 13.8. The van der Waals surface area contributed by atoms with Crippen molar-refractivity contribution in [1.29, 1.82) is 0 Å². The number of nitrogens with zero attached hydrogens (tertiary/aromatic N) is 1. The fourth-order valence-electron chi connectivity index (χ4n) is 3.78. The molecule has 2 aromatic rings. The van der Waals surface area contributed by atoms with E-state index in [2.05, 4.69) is 10.6 Å². The van der Waals surface area contributed by atoms with Crippen molar-refractivity contribution in [3.05, 3.63) is 65.7 Å². The first-order valence-electron chi connectivity index (χ1n) is 12.2. The number of hydrogen-bond acceptors (Lipinski definition) is 4. The number of ether oxygens (including phenoxy) is 1. The van der Waals surface area contributed by atoms with Crippen molar-refractivity contribution in [3.63, 3.8) is 0 Å². The Hall–Kier alpha value is -3.35. The van der Waals surface area contributed by atoms with Crippen LogP contribution in [0.3, 0.4) is 0 Å². The van der Waals surface area contributed by atoms with Crippen molar-refractivity contribution in [1.82, 2.24) is 10.2 Å². The van der Waals surface area contributed by atoms with Crippen LogP contribution in [0.1, 0.15) is 65.1 Å². The van der Waals surface area contributed by atoms with E-state index < -0.39 is 23.8 Å². The molecule has 0 aliphatic rings. The fraction of sp³-hybridized carbons (Fsp3) is 0.464. The second kappa shape index (κ2) is 12.4. The van der Waals surface area contributed by atoms with Gasteiger partial charge in [-0.3, -0.25) is 9.59 Å². The molecule has 0 aliphatic carbocycles. The standard InChI is InChI=1S/C28H39N3O4/c1-8-19(3)23(30-27(34)35-28(5,6)7)26(33)31(9-2)24(21-16-11-10-12-17-21)25(32)29-22-18-14-13-15-20(22)4/h10-19,23-24H,8-9H2,1-7H3,(H,29,32)(H,30,34). The topological polar surface area (TPSA) is 87.7 Å². The summed E-state index contributed by atoms with van der Waals surface area (Å²) >= 11 is 0. The first-order valence-corrected chi connectivity index (χ1v) is 12.2. The number of alkyl carbamates (subject to hydrolysis) is 1. The minimum Gasteiger partial charge on any atom is -0.444 e. The van der Waals surface area contributed by atoms with Gasteiger partial charge in [0.1, 0.15) is 17.7 Å². The molecule has 7 nitrogen and oxygen atoms in total. The largest absolute Gasteiger partial charge is 0.444 e. The molecule has 0 radical (unpaired) electrons. The third-order valence-corrected chi connectivity index (χ3v) is 5.85. The van der Waals surface area contributed by atoms with E-state index >= 15 is 0 Å². The number of para-hydroxylation sites is 1. The number of carbonyl (C=O) groups excluding carboxylic acids is 3. The molecule has 2 rings (SSSR count). The smallest absolute Gasteiger partial charge is 0.408 e. The zero-order valence-corrected chi connectivity index (χ0v) is 21.9. The Morgan fingerprint density at radius 3 is 2.11 bits per heavy atom. The molecule has 3 atom stereocenters. The van der Waals surface area contributed by atoms with Gasteiger partial charge in [0.25, 0.3) is 5.91 Å². The van der Waals surface area contributed by atoms with Crippen LogP contribution in [0.2, 0.25) is 0 Å². The van der Waals surface area contributed by atoms with Gasteiger partial charge in [-0.25, -0.2) is 4.79 Å². The maximum absolute atomic E-state index is 13.9. The van der Waals surface area contributed by atoms with Crippen molar-refractivity contribution in [2.45, 2.75) is 72.6 Å². The van der Waals surface area contributed by atoms with Gasteiger partial charge in [0.05, 0.1) is 0 Å². The Balaban J connectivity index is 2.43. The molecule has 2 N–H and O–H groups in total. The summed E-state index contributed by atoms with van der Waals surface area (Å²) in [5, 5.41) is 5.75. The van der Waals surface area contributed by atoms with Gasteiger partial charge >= 0.3 is 6.09 Å². The summed E-state index contributed by atoms with van der Waals surface area (Å²) in [6.07, 6.45) is 0.00245. The number of amides is 3. The van der Waals surface area contributed by atoms with Crippen molar-refractivity contribution >= 4 is 23.6 Å². The summed E-state index contributed by atoms with van der Waals surface area (Å²) in [5.41, 5.74) is 1.60. The molecule has 0 saturated carbocycles. The molecule has 0 bridgehead atoms. The van der Waals surface area contributed by atoms with Crippen LogP contribution in [0.4, 0.5) is 10.5 Å². The lowest BCUT2D eigenvalue weighted by atomic mass is 9.95. The minimum absolute atomic E-state index is 0.167. The molecule has 2 aromatic carbocycles. The molecule has 0 spiro atoms. The van der Waals surface area contributed by atoms with Crippen LogP contribution in [-0.2, 0) is 14.3 Å². The first kappa shape index (κ1) is 27.9. The van der Waals surface area contributed by atoms with Crippen molar-refractivity contribution in [2.24, 2.45) is 5.92 Å². The van der Waals surface area contributed by atoms with Gasteiger partial charge in [-0.2, -0.15) is 0 Å². The van der Waals surface area contributed by atoms with E-state index in [-0.39, 0.29) is 24.3 Å². The lowest BCUT2D eigenvalue weighted by Gasteiger charge is -2.35. The average molecular weight is 482 g/mol. The minimum atomic E-state index is -0.875. The molecule has 0 aromatic heterocycles. The summed E-state index contributed by atoms with van der Waals surface area (Å²) in [5.74, 6) is -0.817. The number of carbonyl (C=O) groups is 3. The summed E-state index contributed by atoms with van der Waals surface area (Å²) in [6, 6.07) is 15.0. The Kier molecular flexibility index (Phi) is 9.87. The third kappa shape index (κ3) is 7.84. The monoisotopic (exact) mass is 481 g/mol. The summed E-state index contributed by atoms with van der Waals surface area (Å²) in [6.45, 7) is 13.2. The van der Waals surface area contributed by atoms with Crippen LogP contribution in [0.25, 0.3) is 0 Å². The Labute approximate surface area is 209 Å². The number of nitrogens with one attached hydrogen (secondary N) is 2. The van der Waals surface area contributed by atoms with Crippen LogP contribution in [0.15, 0.2) is 54.6 Å². The fourth-order valence-corrected chi connectivity index (χ4v) is 3.78. The van der Waals surface area contributed by atoms with E-state index in [1.54, 1.807) is 20.8 Å². The predicted molar refractivity (Wildman–Crippen MR) is 139 cm³/mol. The highest BCUT2D eigenvalue weighted by molar-refractivity contribution is 5.99. The third-order valence-electron chi connectivity index (χ3n) is 5.85. The quantitative estimate of drug-likeness (QED) is 0.498. The zero-order chi connectivity index (χ0) is 26.2. The number of aryl methyl sites for hydroxylation is 1. The molecular formula is C28H39N3O4. The van der Waals surface area contributed by atoms with Crippen molar-refractivity contribution < 1.29 is 19.1 Å². The van der Waals surface area contributed by atoms with Crippen LogP contribution >= 0.6 is 0 Å². The Bertz CT molecular complexity index is 1000. The second-order valence-electron chi connectivity index (χ2n) is 9.75. The molecule has 0 fully saturated rings. The van der Waals surface area contributed by atoms with Crippen LogP contribution in [-0.4, -0.2) is 41.0 Å². The highest BCUT2D eigenvalue weighted by Gasteiger charge is 2.37. The molecule has 0 aliphatic heterocycles. The molecule has 0 heterocycles. The first-order chi connectivity index (χ1) is 16.5. The number of anilines is 1. The van der Waals surface area contributed by atoms with Crippen molar-refractivity contribution in [2.75, 3.05) is 11.9 Å². The van der Waals surface area contributed by atoms with Crippen molar-refractivity contribution in [3.8, 4) is 0 Å². The van der Waals surface area contributed by atoms with Crippen LogP contribution < -0.4 is 10.6 Å². The Morgan fingerprint density at radius 2 is 1.57 bits per heavy atom. The van der Waals surface area contributed by atoms with E-state index in [1.807, 2.05) is 82.3 Å². The van der Waals surface area contributed by atoms with E-state index in [1.165, 1.54) is 4.90 Å². The molecule has 7 heteroatoms. The van der Waals surface area contributed by atoms with Gasteiger partial charge in [-0.05, 0) is 57.7 Å². The van der Waals surface area contributed by atoms with E-state index in [0.717, 1.165) is 5.56 Å². The van der Waals surface area contributed by atoms with Gasteiger partial charge in [0, 0.05) is 12.2 Å². The highest BCUT2D eigenvalue weighted by Crippen LogP contribution is 2.26. The van der Waals surface area contributed by atoms with Gasteiger partial charge < -0.3 is 20.3 Å². The van der Waals surface area contributed by atoms with Crippen LogP contribution in [0, 0.1) is 12.8 Å². The number of benzene rings is 2. The van der Waals surface area contributed by atoms with Crippen LogP contribution in [0.5, 0.6) is 0 Å². The molecule has 3 amide bonds. The molecule has 35 heavy (non-hydrogen) atoms. The van der Waals surface area contributed by atoms with Gasteiger partial charge in [0.2, 0.25) is 5.91 Å². The summed E-state index contributed by atoms with van der Waals surface area (Å²) < 4.78 is 5.41. The zero-order valence-electron chi connectivity index (χ0n) is 21.9. The average Bonchev–Trinajstić information content (AvgIpc) is 2.80. The summed E-state index contributed by atoms with van der Waals surface area (Å²) in [7, 11) is 0.